The predicted molar refractivity (Wildman–Crippen MR) is 85.3 cm³/mol. The lowest BCUT2D eigenvalue weighted by atomic mass is 10.3. The molecule has 22 heavy (non-hydrogen) atoms. The summed E-state index contributed by atoms with van der Waals surface area (Å²) in [6, 6.07) is 7.00. The van der Waals surface area contributed by atoms with E-state index in [1.54, 1.807) is 0 Å². The molecule has 1 N–H and O–H groups in total. The average molecular weight is 345 g/mol. The largest absolute Gasteiger partial charge is 0.325 e. The lowest BCUT2D eigenvalue weighted by molar-refractivity contribution is -0.117. The highest BCUT2D eigenvalue weighted by molar-refractivity contribution is 7.16. The van der Waals surface area contributed by atoms with Crippen molar-refractivity contribution < 1.29 is 13.6 Å². The van der Waals surface area contributed by atoms with Crippen LogP contribution < -0.4 is 5.32 Å². The summed E-state index contributed by atoms with van der Waals surface area (Å²) in [6.07, 6.45) is 0. The number of hydrogen-bond acceptors (Lipinski definition) is 3. The summed E-state index contributed by atoms with van der Waals surface area (Å²) >= 11 is 7.35. The molecule has 0 atom stereocenters. The molecular weight excluding hydrogens is 330 g/mol. The molecule has 7 heteroatoms. The molecule has 0 fully saturated rings. The van der Waals surface area contributed by atoms with Crippen LogP contribution in [0.3, 0.4) is 0 Å². The summed E-state index contributed by atoms with van der Waals surface area (Å²) in [4.78, 5) is 15.0. The quantitative estimate of drug-likeness (QED) is 0.854. The Bertz CT molecular complexity index is 663. The van der Waals surface area contributed by atoms with Gasteiger partial charge in [0.15, 0.2) is 11.6 Å². The summed E-state index contributed by atoms with van der Waals surface area (Å²) in [7, 11) is 0. The monoisotopic (exact) mass is 344 g/mol. The Labute approximate surface area is 136 Å². The molecule has 0 bridgehead atoms. The van der Waals surface area contributed by atoms with Crippen molar-refractivity contribution in [3.63, 3.8) is 0 Å². The molecule has 0 aliphatic carbocycles. The summed E-state index contributed by atoms with van der Waals surface area (Å²) in [5.74, 6) is -2.21. The topological polar surface area (TPSA) is 32.3 Å². The van der Waals surface area contributed by atoms with E-state index in [2.05, 4.69) is 5.32 Å². The molecule has 1 aromatic carbocycles. The Morgan fingerprint density at radius 1 is 1.27 bits per heavy atom. The fourth-order valence-electron chi connectivity index (χ4n) is 1.91. The van der Waals surface area contributed by atoms with Crippen LogP contribution >= 0.6 is 22.9 Å². The van der Waals surface area contributed by atoms with Crippen LogP contribution in [0.15, 0.2) is 30.3 Å². The van der Waals surface area contributed by atoms with Gasteiger partial charge >= 0.3 is 0 Å². The van der Waals surface area contributed by atoms with Crippen LogP contribution in [0.25, 0.3) is 0 Å². The van der Waals surface area contributed by atoms with Crippen LogP contribution in [0.5, 0.6) is 0 Å². The van der Waals surface area contributed by atoms with Crippen molar-refractivity contribution in [1.29, 1.82) is 0 Å². The van der Waals surface area contributed by atoms with Crippen LogP contribution in [0.4, 0.5) is 14.5 Å². The number of carbonyl (C=O) groups excluding carboxylic acids is 1. The highest BCUT2D eigenvalue weighted by Crippen LogP contribution is 2.22. The van der Waals surface area contributed by atoms with Gasteiger partial charge in [0.1, 0.15) is 0 Å². The minimum atomic E-state index is -0.988. The lowest BCUT2D eigenvalue weighted by Gasteiger charge is -2.19. The number of carbonyl (C=O) groups is 1. The Morgan fingerprint density at radius 3 is 2.64 bits per heavy atom. The number of amides is 1. The molecular formula is C15H15ClF2N2OS. The molecule has 1 aromatic heterocycles. The van der Waals surface area contributed by atoms with Gasteiger partial charge in [-0.05, 0) is 30.8 Å². The molecule has 1 heterocycles. The third kappa shape index (κ3) is 4.76. The standard InChI is InChI=1S/C15H15ClF2N2OS/c1-2-20(8-11-4-6-14(16)22-11)9-15(21)19-10-3-5-12(17)13(18)7-10/h3-7H,2,8-9H2,1H3,(H,19,21). The number of nitrogens with zero attached hydrogens (tertiary/aromatic N) is 1. The van der Waals surface area contributed by atoms with Crippen LogP contribution in [0.1, 0.15) is 11.8 Å². The van der Waals surface area contributed by atoms with Crippen molar-refractivity contribution in [2.45, 2.75) is 13.5 Å². The van der Waals surface area contributed by atoms with Crippen molar-refractivity contribution in [1.82, 2.24) is 4.90 Å². The first kappa shape index (κ1) is 16.9. The maximum absolute atomic E-state index is 13.1. The highest BCUT2D eigenvalue weighted by Gasteiger charge is 2.12. The zero-order valence-electron chi connectivity index (χ0n) is 11.9. The Kier molecular flexibility index (Phi) is 5.88. The SMILES string of the molecule is CCN(CC(=O)Nc1ccc(F)c(F)c1)Cc1ccc(Cl)s1. The van der Waals surface area contributed by atoms with E-state index in [-0.39, 0.29) is 18.1 Å². The number of nitrogens with one attached hydrogen (secondary N) is 1. The average Bonchev–Trinajstić information content (AvgIpc) is 2.87. The molecule has 1 amide bonds. The summed E-state index contributed by atoms with van der Waals surface area (Å²) in [5, 5.41) is 2.56. The number of anilines is 1. The number of hydrogen-bond donors (Lipinski definition) is 1. The smallest absolute Gasteiger partial charge is 0.238 e. The first-order valence-electron chi connectivity index (χ1n) is 6.69. The first-order valence-corrected chi connectivity index (χ1v) is 7.89. The molecule has 0 saturated heterocycles. The molecule has 0 unspecified atom stereocenters. The molecule has 0 aliphatic heterocycles. The van der Waals surface area contributed by atoms with Crippen molar-refractivity contribution in [3.8, 4) is 0 Å². The van der Waals surface area contributed by atoms with E-state index < -0.39 is 11.6 Å². The molecule has 118 valence electrons. The third-order valence-electron chi connectivity index (χ3n) is 3.03. The van der Waals surface area contributed by atoms with Crippen molar-refractivity contribution in [2.75, 3.05) is 18.4 Å². The van der Waals surface area contributed by atoms with Crippen molar-refractivity contribution in [2.24, 2.45) is 0 Å². The summed E-state index contributed by atoms with van der Waals surface area (Å²) < 4.78 is 26.6. The molecule has 0 saturated carbocycles. The Balaban J connectivity index is 1.92. The maximum atomic E-state index is 13.1. The van der Waals surface area contributed by atoms with E-state index in [1.807, 2.05) is 24.0 Å². The van der Waals surface area contributed by atoms with Gasteiger partial charge in [-0.1, -0.05) is 18.5 Å². The predicted octanol–water partition coefficient (Wildman–Crippen LogP) is 4.14. The normalized spacial score (nSPS) is 11.0. The van der Waals surface area contributed by atoms with Gasteiger partial charge in [0.25, 0.3) is 0 Å². The highest BCUT2D eigenvalue weighted by atomic mass is 35.5. The van der Waals surface area contributed by atoms with E-state index in [1.165, 1.54) is 17.4 Å². The summed E-state index contributed by atoms with van der Waals surface area (Å²) in [6.45, 7) is 3.39. The van der Waals surface area contributed by atoms with E-state index in [4.69, 9.17) is 11.6 Å². The van der Waals surface area contributed by atoms with E-state index in [0.29, 0.717) is 17.4 Å². The molecule has 0 spiro atoms. The lowest BCUT2D eigenvalue weighted by Crippen LogP contribution is -2.32. The maximum Gasteiger partial charge on any atom is 0.238 e. The second-order valence-electron chi connectivity index (χ2n) is 4.69. The fraction of sp³-hybridized carbons (Fsp3) is 0.267. The van der Waals surface area contributed by atoms with Gasteiger partial charge in [0.2, 0.25) is 5.91 Å². The van der Waals surface area contributed by atoms with E-state index in [9.17, 15) is 13.6 Å². The van der Waals surface area contributed by atoms with Gasteiger partial charge in [-0.2, -0.15) is 0 Å². The van der Waals surface area contributed by atoms with Crippen molar-refractivity contribution >= 4 is 34.5 Å². The Hall–Kier alpha value is -1.50. The van der Waals surface area contributed by atoms with E-state index >= 15 is 0 Å². The minimum absolute atomic E-state index is 0.158. The fourth-order valence-corrected chi connectivity index (χ4v) is 3.04. The first-order chi connectivity index (χ1) is 10.5. The molecule has 0 radical (unpaired) electrons. The van der Waals surface area contributed by atoms with E-state index in [0.717, 1.165) is 17.0 Å². The zero-order chi connectivity index (χ0) is 16.1. The van der Waals surface area contributed by atoms with Crippen LogP contribution in [-0.2, 0) is 11.3 Å². The number of likely N-dealkylation sites (N-methyl/N-ethyl adjacent to an activating group) is 1. The van der Waals surface area contributed by atoms with Gasteiger partial charge in [0.05, 0.1) is 10.9 Å². The molecule has 3 nitrogen and oxygen atoms in total. The van der Waals surface area contributed by atoms with Crippen LogP contribution in [0, 0.1) is 11.6 Å². The number of halogens is 3. The third-order valence-corrected chi connectivity index (χ3v) is 4.24. The number of thiophene rings is 1. The van der Waals surface area contributed by atoms with Crippen LogP contribution in [-0.4, -0.2) is 23.9 Å². The minimum Gasteiger partial charge on any atom is -0.325 e. The van der Waals surface area contributed by atoms with Gasteiger partial charge in [-0.25, -0.2) is 8.78 Å². The summed E-state index contributed by atoms with van der Waals surface area (Å²) in [5.41, 5.74) is 0.235. The van der Waals surface area contributed by atoms with Crippen molar-refractivity contribution in [3.05, 3.63) is 51.2 Å². The van der Waals surface area contributed by atoms with Gasteiger partial charge in [0, 0.05) is 23.2 Å². The second-order valence-corrected chi connectivity index (χ2v) is 6.49. The van der Waals surface area contributed by atoms with Gasteiger partial charge in [-0.15, -0.1) is 11.3 Å². The molecule has 2 aromatic rings. The number of rotatable bonds is 6. The second kappa shape index (κ2) is 7.67. The molecule has 0 aliphatic rings. The zero-order valence-corrected chi connectivity index (χ0v) is 13.5. The van der Waals surface area contributed by atoms with Gasteiger partial charge in [-0.3, -0.25) is 9.69 Å². The Morgan fingerprint density at radius 2 is 2.05 bits per heavy atom. The molecule has 2 rings (SSSR count). The van der Waals surface area contributed by atoms with Gasteiger partial charge < -0.3 is 5.32 Å². The number of benzene rings is 1. The van der Waals surface area contributed by atoms with Crippen LogP contribution in [0.2, 0.25) is 4.34 Å².